The maximum absolute atomic E-state index is 13.0. The monoisotopic (exact) mass is 282 g/mol. The largest absolute Gasteiger partial charge is 0.382 e. The minimum atomic E-state index is -0.263. The van der Waals surface area contributed by atoms with Gasteiger partial charge in [-0.3, -0.25) is 10.4 Å². The first-order valence-electron chi connectivity index (χ1n) is 6.84. The van der Waals surface area contributed by atoms with Gasteiger partial charge in [-0.1, -0.05) is 0 Å². The van der Waals surface area contributed by atoms with E-state index in [2.05, 4.69) is 10.4 Å². The molecular weight excluding hydrogens is 259 g/mol. The first-order chi connectivity index (χ1) is 9.72. The lowest BCUT2D eigenvalue weighted by atomic mass is 10.3. The van der Waals surface area contributed by atoms with E-state index in [1.54, 1.807) is 12.1 Å². The number of benzene rings is 1. The third-order valence-corrected chi connectivity index (χ3v) is 2.75. The number of hydrogen-bond acceptors (Lipinski definition) is 3. The van der Waals surface area contributed by atoms with Crippen LogP contribution in [0.5, 0.6) is 0 Å². The summed E-state index contributed by atoms with van der Waals surface area (Å²) in [6.07, 6.45) is 0.833. The summed E-state index contributed by atoms with van der Waals surface area (Å²) in [7, 11) is 0. The van der Waals surface area contributed by atoms with Gasteiger partial charge in [-0.2, -0.15) is 0 Å². The molecule has 1 rings (SSSR count). The van der Waals surface area contributed by atoms with Crippen molar-refractivity contribution in [2.45, 2.75) is 20.3 Å². The molecule has 0 spiro atoms. The van der Waals surface area contributed by atoms with Gasteiger partial charge < -0.3 is 9.64 Å². The van der Waals surface area contributed by atoms with Crippen molar-refractivity contribution in [1.82, 2.24) is 5.43 Å². The van der Waals surface area contributed by atoms with Gasteiger partial charge in [0.2, 0.25) is 5.96 Å². The van der Waals surface area contributed by atoms with Crippen LogP contribution in [0.2, 0.25) is 0 Å². The predicted octanol–water partition coefficient (Wildman–Crippen LogP) is 1.90. The van der Waals surface area contributed by atoms with E-state index in [0.717, 1.165) is 12.1 Å². The molecule has 0 saturated heterocycles. The van der Waals surface area contributed by atoms with Gasteiger partial charge in [0, 0.05) is 32.0 Å². The van der Waals surface area contributed by atoms with Crippen molar-refractivity contribution in [3.05, 3.63) is 30.1 Å². The number of halogens is 1. The average Bonchev–Trinajstić information content (AvgIpc) is 2.47. The highest BCUT2D eigenvalue weighted by molar-refractivity contribution is 5.95. The molecule has 1 aromatic rings. The maximum atomic E-state index is 13.0. The molecule has 0 bridgehead atoms. The Labute approximate surface area is 119 Å². The topological polar surface area (TPSA) is 62.9 Å². The van der Waals surface area contributed by atoms with Gasteiger partial charge in [-0.25, -0.2) is 10.2 Å². The molecule has 6 heteroatoms. The second-order valence-electron chi connectivity index (χ2n) is 4.12. The van der Waals surface area contributed by atoms with Gasteiger partial charge in [-0.15, -0.1) is 0 Å². The van der Waals surface area contributed by atoms with Crippen molar-refractivity contribution in [2.75, 3.05) is 31.2 Å². The molecule has 5 nitrogen and oxygen atoms in total. The molecule has 0 aliphatic carbocycles. The molecule has 0 saturated carbocycles. The van der Waals surface area contributed by atoms with Crippen molar-refractivity contribution in [3.63, 3.8) is 0 Å². The Balaban J connectivity index is 2.68. The Kier molecular flexibility index (Phi) is 7.60. The average molecular weight is 282 g/mol. The first kappa shape index (κ1) is 16.4. The van der Waals surface area contributed by atoms with Crippen LogP contribution in [0.25, 0.3) is 0 Å². The van der Waals surface area contributed by atoms with Crippen molar-refractivity contribution in [1.29, 1.82) is 0 Å². The fourth-order valence-corrected chi connectivity index (χ4v) is 1.78. The zero-order valence-corrected chi connectivity index (χ0v) is 12.1. The van der Waals surface area contributed by atoms with Crippen LogP contribution in [0.3, 0.4) is 0 Å². The first-order valence-corrected chi connectivity index (χ1v) is 6.84. The Morgan fingerprint density at radius 3 is 2.60 bits per heavy atom. The number of nitrogens with two attached hydrogens (primary N) is 1. The number of ether oxygens (including phenoxy) is 1. The number of nitrogens with zero attached hydrogens (tertiary/aromatic N) is 2. The van der Waals surface area contributed by atoms with Gasteiger partial charge in [0.15, 0.2) is 0 Å². The molecular formula is C14H23FN4O. The van der Waals surface area contributed by atoms with Crippen LogP contribution in [0.1, 0.15) is 20.3 Å². The molecule has 0 aliphatic heterocycles. The normalized spacial score (nSPS) is 11.5. The van der Waals surface area contributed by atoms with E-state index in [1.165, 1.54) is 12.1 Å². The summed E-state index contributed by atoms with van der Waals surface area (Å²) in [6, 6.07) is 6.24. The number of anilines is 1. The summed E-state index contributed by atoms with van der Waals surface area (Å²) < 4.78 is 18.2. The lowest BCUT2D eigenvalue weighted by Crippen LogP contribution is -2.45. The van der Waals surface area contributed by atoms with Gasteiger partial charge in [-0.05, 0) is 44.5 Å². The molecule has 0 amide bonds. The second kappa shape index (κ2) is 9.28. The highest BCUT2D eigenvalue weighted by Crippen LogP contribution is 2.14. The highest BCUT2D eigenvalue weighted by Gasteiger charge is 2.10. The van der Waals surface area contributed by atoms with Crippen molar-refractivity contribution >= 4 is 11.6 Å². The van der Waals surface area contributed by atoms with E-state index < -0.39 is 0 Å². The number of rotatable bonds is 7. The van der Waals surface area contributed by atoms with Crippen molar-refractivity contribution in [2.24, 2.45) is 10.8 Å². The Morgan fingerprint density at radius 1 is 1.35 bits per heavy atom. The SMILES string of the molecule is CCOCCCN=C(NN)N(CC)c1ccc(F)cc1. The summed E-state index contributed by atoms with van der Waals surface area (Å²) in [6.45, 7) is 6.64. The van der Waals surface area contributed by atoms with E-state index in [-0.39, 0.29) is 5.82 Å². The van der Waals surface area contributed by atoms with Crippen LogP contribution in [0, 0.1) is 5.82 Å². The van der Waals surface area contributed by atoms with Crippen LogP contribution < -0.4 is 16.2 Å². The minimum Gasteiger partial charge on any atom is -0.382 e. The maximum Gasteiger partial charge on any atom is 0.212 e. The lowest BCUT2D eigenvalue weighted by molar-refractivity contribution is 0.146. The molecule has 0 aliphatic rings. The molecule has 0 aromatic heterocycles. The molecule has 1 aromatic carbocycles. The zero-order valence-electron chi connectivity index (χ0n) is 12.1. The summed E-state index contributed by atoms with van der Waals surface area (Å²) >= 11 is 0. The van der Waals surface area contributed by atoms with E-state index in [9.17, 15) is 4.39 Å². The van der Waals surface area contributed by atoms with E-state index >= 15 is 0 Å². The van der Waals surface area contributed by atoms with Crippen LogP contribution in [-0.4, -0.2) is 32.3 Å². The number of aliphatic imine (C=N–C) groups is 1. The fraction of sp³-hybridized carbons (Fsp3) is 0.500. The summed E-state index contributed by atoms with van der Waals surface area (Å²) in [5.74, 6) is 5.83. The molecule has 0 unspecified atom stereocenters. The summed E-state index contributed by atoms with van der Waals surface area (Å²) in [5, 5.41) is 0. The molecule has 0 fully saturated rings. The zero-order chi connectivity index (χ0) is 14.8. The fourth-order valence-electron chi connectivity index (χ4n) is 1.78. The molecule has 0 radical (unpaired) electrons. The van der Waals surface area contributed by atoms with Crippen molar-refractivity contribution in [3.8, 4) is 0 Å². The Hall–Kier alpha value is -1.66. The van der Waals surface area contributed by atoms with E-state index in [1.807, 2.05) is 18.7 Å². The van der Waals surface area contributed by atoms with Crippen LogP contribution in [-0.2, 0) is 4.74 Å². The number of hydrazine groups is 1. The minimum absolute atomic E-state index is 0.263. The smallest absolute Gasteiger partial charge is 0.212 e. The van der Waals surface area contributed by atoms with Gasteiger partial charge in [0.05, 0.1) is 0 Å². The van der Waals surface area contributed by atoms with Gasteiger partial charge in [0.1, 0.15) is 5.82 Å². The van der Waals surface area contributed by atoms with Crippen LogP contribution in [0.15, 0.2) is 29.3 Å². The van der Waals surface area contributed by atoms with Crippen LogP contribution in [0.4, 0.5) is 10.1 Å². The number of guanidine groups is 1. The highest BCUT2D eigenvalue weighted by atomic mass is 19.1. The van der Waals surface area contributed by atoms with Crippen LogP contribution >= 0.6 is 0 Å². The third kappa shape index (κ3) is 5.14. The third-order valence-electron chi connectivity index (χ3n) is 2.75. The molecule has 3 N–H and O–H groups in total. The Morgan fingerprint density at radius 2 is 2.05 bits per heavy atom. The second-order valence-corrected chi connectivity index (χ2v) is 4.12. The summed E-state index contributed by atoms with van der Waals surface area (Å²) in [5.41, 5.74) is 3.44. The number of hydrogen-bond donors (Lipinski definition) is 2. The van der Waals surface area contributed by atoms with Gasteiger partial charge in [0.25, 0.3) is 0 Å². The number of nitrogens with one attached hydrogen (secondary N) is 1. The lowest BCUT2D eigenvalue weighted by Gasteiger charge is -2.24. The van der Waals surface area contributed by atoms with Crippen molar-refractivity contribution < 1.29 is 9.13 Å². The molecule has 0 heterocycles. The molecule has 0 atom stereocenters. The standard InChI is InChI=1S/C14H23FN4O/c1-3-19(13-8-6-12(15)7-9-13)14(18-16)17-10-5-11-20-4-2/h6-9H,3-5,10-11,16H2,1-2H3,(H,17,18). The Bertz CT molecular complexity index is 408. The van der Waals surface area contributed by atoms with E-state index in [4.69, 9.17) is 10.6 Å². The van der Waals surface area contributed by atoms with E-state index in [0.29, 0.717) is 32.3 Å². The quantitative estimate of drug-likeness (QED) is 0.264. The predicted molar refractivity (Wildman–Crippen MR) is 80.2 cm³/mol. The molecule has 20 heavy (non-hydrogen) atoms. The molecule has 112 valence electrons. The van der Waals surface area contributed by atoms with Gasteiger partial charge >= 0.3 is 0 Å². The summed E-state index contributed by atoms with van der Waals surface area (Å²) in [4.78, 5) is 6.31.